The third-order valence-corrected chi connectivity index (χ3v) is 1.31. The van der Waals surface area contributed by atoms with Crippen molar-refractivity contribution in [1.29, 1.82) is 5.26 Å². The van der Waals surface area contributed by atoms with E-state index < -0.39 is 6.98 Å². The summed E-state index contributed by atoms with van der Waals surface area (Å²) in [5.74, 6) is 0. The zero-order valence-electron chi connectivity index (χ0n) is 9.53. The minimum absolute atomic E-state index is 0. The fourth-order valence-electron chi connectivity index (χ4n) is 0.808. The van der Waals surface area contributed by atoms with Crippen LogP contribution in [0.3, 0.4) is 0 Å². The van der Waals surface area contributed by atoms with Gasteiger partial charge in [-0.05, 0) is 13.0 Å². The molecular weight excluding hydrogens is 176 g/mol. The summed E-state index contributed by atoms with van der Waals surface area (Å²) in [6, 6.07) is 3.50. The van der Waals surface area contributed by atoms with Crippen LogP contribution in [0.15, 0.2) is 6.07 Å². The SMILES string of the molecule is Cl.[2H]C([2H])([2H])NCc1cc(C#N)n(C)n1. The van der Waals surface area contributed by atoms with Crippen LogP contribution in [0.4, 0.5) is 0 Å². The van der Waals surface area contributed by atoms with Crippen molar-refractivity contribution in [2.75, 3.05) is 6.98 Å². The van der Waals surface area contributed by atoms with Crippen molar-refractivity contribution in [3.05, 3.63) is 17.5 Å². The number of rotatable bonds is 2. The molecule has 66 valence electrons. The standard InChI is InChI=1S/C7H10N4.ClH/c1-9-5-6-3-7(4-8)11(2)10-6;/h3,9H,5H2,1-2H3;1H/i1D3;. The van der Waals surface area contributed by atoms with Gasteiger partial charge in [0.05, 0.1) is 5.69 Å². The van der Waals surface area contributed by atoms with Gasteiger partial charge in [-0.1, -0.05) is 0 Å². The zero-order valence-corrected chi connectivity index (χ0v) is 7.35. The molecule has 0 spiro atoms. The minimum Gasteiger partial charge on any atom is -0.314 e. The lowest BCUT2D eigenvalue weighted by Crippen LogP contribution is -2.05. The molecule has 0 bridgehead atoms. The van der Waals surface area contributed by atoms with Crippen LogP contribution in [0, 0.1) is 11.3 Å². The van der Waals surface area contributed by atoms with Crippen molar-refractivity contribution < 1.29 is 4.11 Å². The van der Waals surface area contributed by atoms with Gasteiger partial charge in [0.1, 0.15) is 11.8 Å². The van der Waals surface area contributed by atoms with Crippen LogP contribution in [0.5, 0.6) is 0 Å². The van der Waals surface area contributed by atoms with Crippen LogP contribution in [-0.2, 0) is 13.6 Å². The number of hydrogen-bond donors (Lipinski definition) is 1. The average molecular weight is 190 g/mol. The molecule has 1 rings (SSSR count). The van der Waals surface area contributed by atoms with E-state index in [1.54, 1.807) is 13.1 Å². The molecule has 0 saturated carbocycles. The second kappa shape index (κ2) is 4.75. The number of aromatic nitrogens is 2. The first-order chi connectivity index (χ1) is 6.42. The maximum Gasteiger partial charge on any atom is 0.138 e. The van der Waals surface area contributed by atoms with Gasteiger partial charge in [-0.2, -0.15) is 10.4 Å². The molecule has 1 aromatic heterocycles. The van der Waals surface area contributed by atoms with Gasteiger partial charge in [0.2, 0.25) is 0 Å². The second-order valence-electron chi connectivity index (χ2n) is 2.11. The lowest BCUT2D eigenvalue weighted by atomic mass is 10.4. The van der Waals surface area contributed by atoms with Crippen molar-refractivity contribution in [3.63, 3.8) is 0 Å². The molecule has 1 aromatic rings. The van der Waals surface area contributed by atoms with Gasteiger partial charge in [-0.3, -0.25) is 4.68 Å². The second-order valence-corrected chi connectivity index (χ2v) is 2.11. The minimum atomic E-state index is -2.18. The lowest BCUT2D eigenvalue weighted by molar-refractivity contribution is 0.706. The molecule has 1 heterocycles. The summed E-state index contributed by atoms with van der Waals surface area (Å²) in [7, 11) is 1.64. The third kappa shape index (κ3) is 2.22. The van der Waals surface area contributed by atoms with Crippen molar-refractivity contribution >= 4 is 12.4 Å². The first kappa shape index (κ1) is 6.46. The first-order valence-corrected chi connectivity index (χ1v) is 3.10. The number of halogens is 1. The normalized spacial score (nSPS) is 13.5. The number of hydrogen-bond acceptors (Lipinski definition) is 3. The van der Waals surface area contributed by atoms with Crippen molar-refractivity contribution in [2.45, 2.75) is 6.54 Å². The summed E-state index contributed by atoms with van der Waals surface area (Å²) in [6.45, 7) is -2.05. The Morgan fingerprint density at radius 3 is 3.17 bits per heavy atom. The van der Waals surface area contributed by atoms with Gasteiger partial charge in [0.25, 0.3) is 0 Å². The van der Waals surface area contributed by atoms with Gasteiger partial charge in [-0.25, -0.2) is 0 Å². The lowest BCUT2D eigenvalue weighted by Gasteiger charge is -1.90. The molecule has 0 unspecified atom stereocenters. The maximum absolute atomic E-state index is 8.62. The largest absolute Gasteiger partial charge is 0.314 e. The van der Waals surface area contributed by atoms with Gasteiger partial charge < -0.3 is 5.32 Å². The van der Waals surface area contributed by atoms with Crippen molar-refractivity contribution in [1.82, 2.24) is 15.1 Å². The van der Waals surface area contributed by atoms with Gasteiger partial charge in [-0.15, -0.1) is 12.4 Å². The van der Waals surface area contributed by atoms with E-state index in [1.165, 1.54) is 4.68 Å². The van der Waals surface area contributed by atoms with Gasteiger partial charge in [0.15, 0.2) is 0 Å². The Labute approximate surface area is 81.8 Å². The quantitative estimate of drug-likeness (QED) is 0.735. The molecule has 5 heteroatoms. The van der Waals surface area contributed by atoms with Crippen molar-refractivity contribution in [3.8, 4) is 6.07 Å². The Morgan fingerprint density at radius 2 is 2.67 bits per heavy atom. The van der Waals surface area contributed by atoms with Crippen molar-refractivity contribution in [2.24, 2.45) is 7.05 Å². The van der Waals surface area contributed by atoms with Gasteiger partial charge in [0, 0.05) is 17.7 Å². The van der Waals surface area contributed by atoms with E-state index in [2.05, 4.69) is 10.4 Å². The highest BCUT2D eigenvalue weighted by Gasteiger charge is 2.01. The summed E-state index contributed by atoms with van der Waals surface area (Å²) in [4.78, 5) is 0. The Balaban J connectivity index is 0.00000196. The number of nitrogens with zero attached hydrogens (tertiary/aromatic N) is 3. The van der Waals surface area contributed by atoms with Crippen LogP contribution in [-0.4, -0.2) is 16.8 Å². The van der Waals surface area contributed by atoms with E-state index in [0.29, 0.717) is 11.4 Å². The Kier molecular flexibility index (Phi) is 2.56. The summed E-state index contributed by atoms with van der Waals surface area (Å²) in [5.41, 5.74) is 0.951. The van der Waals surface area contributed by atoms with Crippen LogP contribution in [0.2, 0.25) is 0 Å². The van der Waals surface area contributed by atoms with E-state index in [4.69, 9.17) is 9.37 Å². The summed E-state index contributed by atoms with van der Waals surface area (Å²) >= 11 is 0. The Hall–Kier alpha value is -1.05. The van der Waals surface area contributed by atoms with Crippen LogP contribution < -0.4 is 5.32 Å². The van der Waals surface area contributed by atoms with E-state index >= 15 is 0 Å². The Morgan fingerprint density at radius 1 is 1.92 bits per heavy atom. The van der Waals surface area contributed by atoms with E-state index in [0.717, 1.165) is 0 Å². The molecular formula is C7H11ClN4. The molecule has 0 aromatic carbocycles. The van der Waals surface area contributed by atoms with Gasteiger partial charge >= 0.3 is 0 Å². The van der Waals surface area contributed by atoms with Crippen LogP contribution in [0.1, 0.15) is 15.5 Å². The fourth-order valence-corrected chi connectivity index (χ4v) is 0.808. The number of nitrogens with one attached hydrogen (secondary N) is 1. The predicted octanol–water partition coefficient (Wildman–Crippen LogP) is 0.433. The molecule has 0 saturated heterocycles. The maximum atomic E-state index is 8.62. The zero-order chi connectivity index (χ0) is 10.8. The topological polar surface area (TPSA) is 53.6 Å². The summed E-state index contributed by atoms with van der Waals surface area (Å²) in [6.07, 6.45) is 0. The molecule has 0 aliphatic carbocycles. The van der Waals surface area contributed by atoms with Crippen LogP contribution >= 0.6 is 12.4 Å². The third-order valence-electron chi connectivity index (χ3n) is 1.31. The fraction of sp³-hybridized carbons (Fsp3) is 0.429. The molecule has 0 amide bonds. The van der Waals surface area contributed by atoms with E-state index in [-0.39, 0.29) is 19.0 Å². The molecule has 0 aliphatic heterocycles. The first-order valence-electron chi connectivity index (χ1n) is 4.60. The van der Waals surface area contributed by atoms with Crippen LogP contribution in [0.25, 0.3) is 0 Å². The molecule has 0 atom stereocenters. The van der Waals surface area contributed by atoms with E-state index in [1.807, 2.05) is 6.07 Å². The molecule has 0 fully saturated rings. The predicted molar refractivity (Wildman–Crippen MR) is 47.9 cm³/mol. The number of aryl methyl sites for hydroxylation is 1. The highest BCUT2D eigenvalue weighted by molar-refractivity contribution is 5.85. The Bertz CT molecular complexity index is 365. The molecule has 0 aliphatic rings. The van der Waals surface area contributed by atoms with E-state index in [9.17, 15) is 0 Å². The summed E-state index contributed by atoms with van der Waals surface area (Å²) in [5, 5.41) is 14.9. The molecule has 1 N–H and O–H groups in total. The highest BCUT2D eigenvalue weighted by atomic mass is 35.5. The summed E-state index contributed by atoms with van der Waals surface area (Å²) < 4.78 is 22.1. The molecule has 0 radical (unpaired) electrons. The highest BCUT2D eigenvalue weighted by Crippen LogP contribution is 1.99. The monoisotopic (exact) mass is 189 g/mol. The smallest absolute Gasteiger partial charge is 0.138 e. The molecule has 12 heavy (non-hydrogen) atoms. The number of nitriles is 1. The molecule has 4 nitrogen and oxygen atoms in total. The average Bonchev–Trinajstić information content (AvgIpc) is 2.42.